The third-order valence-corrected chi connectivity index (χ3v) is 2.86. The standard InChI is InChI=1S/C11H16BrN3O/c1-8(14-7-6-11(13)15-16)9-2-4-10(12)5-3-9/h2-5,8,14,16H,6-7H2,1H3,(H2,13,15)/t8-/m0/s1. The summed E-state index contributed by atoms with van der Waals surface area (Å²) in [5.74, 6) is 0.246. The first-order valence-electron chi connectivity index (χ1n) is 5.08. The van der Waals surface area contributed by atoms with Crippen molar-refractivity contribution in [3.05, 3.63) is 34.3 Å². The van der Waals surface area contributed by atoms with Gasteiger partial charge in [-0.05, 0) is 24.6 Å². The second-order valence-corrected chi connectivity index (χ2v) is 4.48. The van der Waals surface area contributed by atoms with E-state index in [1.54, 1.807) is 0 Å². The van der Waals surface area contributed by atoms with Crippen molar-refractivity contribution in [2.45, 2.75) is 19.4 Å². The van der Waals surface area contributed by atoms with Crippen molar-refractivity contribution < 1.29 is 5.21 Å². The van der Waals surface area contributed by atoms with Gasteiger partial charge in [0, 0.05) is 23.5 Å². The Labute approximate surface area is 104 Å². The minimum atomic E-state index is 0.246. The van der Waals surface area contributed by atoms with E-state index in [9.17, 15) is 0 Å². The molecule has 1 aromatic carbocycles. The van der Waals surface area contributed by atoms with E-state index in [1.165, 1.54) is 5.56 Å². The van der Waals surface area contributed by atoms with Gasteiger partial charge >= 0.3 is 0 Å². The smallest absolute Gasteiger partial charge is 0.140 e. The molecule has 1 aromatic rings. The van der Waals surface area contributed by atoms with Crippen molar-refractivity contribution in [1.82, 2.24) is 5.32 Å². The highest BCUT2D eigenvalue weighted by molar-refractivity contribution is 9.10. The van der Waals surface area contributed by atoms with Crippen LogP contribution in [0.25, 0.3) is 0 Å². The average Bonchev–Trinajstić information content (AvgIpc) is 2.29. The maximum Gasteiger partial charge on any atom is 0.140 e. The highest BCUT2D eigenvalue weighted by atomic mass is 79.9. The Morgan fingerprint density at radius 3 is 2.69 bits per heavy atom. The Hall–Kier alpha value is -1.07. The van der Waals surface area contributed by atoms with Crippen molar-refractivity contribution in [3.63, 3.8) is 0 Å². The number of oxime groups is 1. The van der Waals surface area contributed by atoms with E-state index in [0.717, 1.165) is 4.47 Å². The maximum absolute atomic E-state index is 8.38. The Kier molecular flexibility index (Phi) is 5.28. The third kappa shape index (κ3) is 4.20. The Morgan fingerprint density at radius 2 is 2.12 bits per heavy atom. The first kappa shape index (κ1) is 13.0. The molecular weight excluding hydrogens is 270 g/mol. The van der Waals surface area contributed by atoms with Crippen molar-refractivity contribution in [3.8, 4) is 0 Å². The molecule has 5 heteroatoms. The average molecular weight is 286 g/mol. The van der Waals surface area contributed by atoms with Gasteiger partial charge in [0.1, 0.15) is 5.84 Å². The van der Waals surface area contributed by atoms with Crippen LogP contribution >= 0.6 is 15.9 Å². The minimum absolute atomic E-state index is 0.246. The van der Waals surface area contributed by atoms with E-state index in [2.05, 4.69) is 45.5 Å². The Morgan fingerprint density at radius 1 is 1.50 bits per heavy atom. The molecule has 0 unspecified atom stereocenters. The predicted molar refractivity (Wildman–Crippen MR) is 68.6 cm³/mol. The van der Waals surface area contributed by atoms with Gasteiger partial charge in [0.2, 0.25) is 0 Å². The minimum Gasteiger partial charge on any atom is -0.409 e. The van der Waals surface area contributed by atoms with Crippen LogP contribution in [0.2, 0.25) is 0 Å². The van der Waals surface area contributed by atoms with Crippen LogP contribution in [0.4, 0.5) is 0 Å². The zero-order valence-electron chi connectivity index (χ0n) is 9.15. The molecule has 0 aliphatic rings. The lowest BCUT2D eigenvalue weighted by molar-refractivity contribution is 0.316. The van der Waals surface area contributed by atoms with Crippen LogP contribution in [0.1, 0.15) is 24.9 Å². The highest BCUT2D eigenvalue weighted by Gasteiger charge is 2.04. The van der Waals surface area contributed by atoms with E-state index in [1.807, 2.05) is 12.1 Å². The Balaban J connectivity index is 2.40. The number of nitrogens with two attached hydrogens (primary N) is 1. The summed E-state index contributed by atoms with van der Waals surface area (Å²) in [6.45, 7) is 2.77. The van der Waals surface area contributed by atoms with E-state index < -0.39 is 0 Å². The number of nitrogens with one attached hydrogen (secondary N) is 1. The van der Waals surface area contributed by atoms with Crippen molar-refractivity contribution in [1.29, 1.82) is 0 Å². The van der Waals surface area contributed by atoms with Crippen LogP contribution in [0, 0.1) is 0 Å². The molecule has 0 saturated carbocycles. The molecule has 16 heavy (non-hydrogen) atoms. The summed E-state index contributed by atoms with van der Waals surface area (Å²) in [4.78, 5) is 0. The fourth-order valence-corrected chi connectivity index (χ4v) is 1.60. The second-order valence-electron chi connectivity index (χ2n) is 3.57. The topological polar surface area (TPSA) is 70.6 Å². The van der Waals surface area contributed by atoms with Gasteiger partial charge < -0.3 is 16.3 Å². The lowest BCUT2D eigenvalue weighted by atomic mass is 10.1. The first-order valence-corrected chi connectivity index (χ1v) is 5.88. The molecule has 4 N–H and O–H groups in total. The Bertz CT molecular complexity index is 351. The van der Waals surface area contributed by atoms with Crippen LogP contribution in [-0.4, -0.2) is 17.6 Å². The van der Waals surface area contributed by atoms with E-state index in [-0.39, 0.29) is 11.9 Å². The lowest BCUT2D eigenvalue weighted by Crippen LogP contribution is -2.24. The number of hydrogen-bond donors (Lipinski definition) is 3. The van der Waals surface area contributed by atoms with Gasteiger partial charge in [-0.15, -0.1) is 0 Å². The molecule has 0 aromatic heterocycles. The predicted octanol–water partition coefficient (Wildman–Crippen LogP) is 2.24. The quantitative estimate of drug-likeness (QED) is 0.336. The molecule has 4 nitrogen and oxygen atoms in total. The van der Waals surface area contributed by atoms with Gasteiger partial charge in [0.05, 0.1) is 0 Å². The lowest BCUT2D eigenvalue weighted by Gasteiger charge is -2.13. The molecular formula is C11H16BrN3O. The molecule has 1 rings (SSSR count). The van der Waals surface area contributed by atoms with Crippen LogP contribution < -0.4 is 11.1 Å². The number of halogens is 1. The summed E-state index contributed by atoms with van der Waals surface area (Å²) in [6.07, 6.45) is 0.539. The monoisotopic (exact) mass is 285 g/mol. The molecule has 0 heterocycles. The first-order chi connectivity index (χ1) is 7.63. The van der Waals surface area contributed by atoms with Crippen LogP contribution in [0.3, 0.4) is 0 Å². The number of nitrogens with zero attached hydrogens (tertiary/aromatic N) is 1. The van der Waals surface area contributed by atoms with Crippen molar-refractivity contribution in [2.75, 3.05) is 6.54 Å². The summed E-state index contributed by atoms with van der Waals surface area (Å²) >= 11 is 3.40. The van der Waals surface area contributed by atoms with Crippen molar-refractivity contribution in [2.24, 2.45) is 10.9 Å². The van der Waals surface area contributed by atoms with Crippen LogP contribution in [0.15, 0.2) is 33.9 Å². The van der Waals surface area contributed by atoms with E-state index >= 15 is 0 Å². The largest absolute Gasteiger partial charge is 0.409 e. The fourth-order valence-electron chi connectivity index (χ4n) is 1.34. The van der Waals surface area contributed by atoms with Gasteiger partial charge in [-0.3, -0.25) is 0 Å². The SMILES string of the molecule is C[C@H](NCC/C(N)=N/O)c1ccc(Br)cc1. The molecule has 0 saturated heterocycles. The van der Waals surface area contributed by atoms with Gasteiger partial charge in [0.15, 0.2) is 0 Å². The van der Waals surface area contributed by atoms with E-state index in [0.29, 0.717) is 13.0 Å². The van der Waals surface area contributed by atoms with Gasteiger partial charge in [-0.25, -0.2) is 0 Å². The van der Waals surface area contributed by atoms with Gasteiger partial charge in [0.25, 0.3) is 0 Å². The molecule has 0 aliphatic carbocycles. The normalized spacial score (nSPS) is 13.8. The van der Waals surface area contributed by atoms with E-state index in [4.69, 9.17) is 10.9 Å². The number of benzene rings is 1. The number of rotatable bonds is 5. The maximum atomic E-state index is 8.38. The van der Waals surface area contributed by atoms with Crippen molar-refractivity contribution >= 4 is 21.8 Å². The zero-order chi connectivity index (χ0) is 12.0. The molecule has 0 fully saturated rings. The molecule has 1 atom stereocenters. The summed E-state index contributed by atoms with van der Waals surface area (Å²) in [7, 11) is 0. The van der Waals surface area contributed by atoms with Crippen LogP contribution in [-0.2, 0) is 0 Å². The van der Waals surface area contributed by atoms with Crippen LogP contribution in [0.5, 0.6) is 0 Å². The molecule has 88 valence electrons. The summed E-state index contributed by atoms with van der Waals surface area (Å²) < 4.78 is 1.07. The summed E-state index contributed by atoms with van der Waals surface area (Å²) in [5.41, 5.74) is 6.58. The molecule has 0 spiro atoms. The summed E-state index contributed by atoms with van der Waals surface area (Å²) in [5, 5.41) is 14.6. The molecule has 0 aliphatic heterocycles. The summed E-state index contributed by atoms with van der Waals surface area (Å²) in [6, 6.07) is 8.39. The van der Waals surface area contributed by atoms with Gasteiger partial charge in [-0.2, -0.15) is 0 Å². The number of amidine groups is 1. The molecule has 0 bridgehead atoms. The molecule has 0 amide bonds. The fraction of sp³-hybridized carbons (Fsp3) is 0.364. The number of hydrogen-bond acceptors (Lipinski definition) is 3. The van der Waals surface area contributed by atoms with Gasteiger partial charge in [-0.1, -0.05) is 33.2 Å². The second kappa shape index (κ2) is 6.50. The third-order valence-electron chi connectivity index (χ3n) is 2.33. The molecule has 0 radical (unpaired) electrons. The zero-order valence-corrected chi connectivity index (χ0v) is 10.7. The highest BCUT2D eigenvalue weighted by Crippen LogP contribution is 2.16.